The van der Waals surface area contributed by atoms with Crippen molar-refractivity contribution in [3.05, 3.63) is 32.7 Å². The molecule has 0 unspecified atom stereocenters. The minimum atomic E-state index is 0.0263. The lowest BCUT2D eigenvalue weighted by atomic mass is 10.3. The first kappa shape index (κ1) is 10.1. The van der Waals surface area contributed by atoms with Crippen molar-refractivity contribution in [1.29, 1.82) is 0 Å². The van der Waals surface area contributed by atoms with Crippen molar-refractivity contribution in [2.75, 3.05) is 0 Å². The second-order valence-electron chi connectivity index (χ2n) is 2.79. The van der Waals surface area contributed by atoms with Crippen molar-refractivity contribution in [2.45, 2.75) is 19.9 Å². The Morgan fingerprint density at radius 3 is 3.00 bits per heavy atom. The number of hydrogen-bond acceptors (Lipinski definition) is 1. The van der Waals surface area contributed by atoms with Crippen molar-refractivity contribution in [1.82, 2.24) is 4.57 Å². The lowest BCUT2D eigenvalue weighted by molar-refractivity contribution is 0.682. The summed E-state index contributed by atoms with van der Waals surface area (Å²) < 4.78 is 2.53. The van der Waals surface area contributed by atoms with Crippen LogP contribution in [0.25, 0.3) is 0 Å². The second-order valence-corrected chi connectivity index (χ2v) is 3.71. The van der Waals surface area contributed by atoms with E-state index in [1.165, 1.54) is 0 Å². The Hall–Kier alpha value is -1.01. The lowest BCUT2D eigenvalue weighted by Crippen LogP contribution is -2.21. The maximum absolute atomic E-state index is 11.5. The molecule has 0 aliphatic rings. The molecule has 68 valence electrons. The first-order chi connectivity index (χ1) is 6.15. The molecule has 2 nitrogen and oxygen atoms in total. The predicted molar refractivity (Wildman–Crippen MR) is 56.6 cm³/mol. The van der Waals surface area contributed by atoms with Crippen LogP contribution in [0, 0.1) is 19.3 Å². The summed E-state index contributed by atoms with van der Waals surface area (Å²) in [6.45, 7) is 2.37. The number of pyridine rings is 1. The molecule has 1 rings (SSSR count). The zero-order valence-electron chi connectivity index (χ0n) is 7.38. The second kappa shape index (κ2) is 4.29. The van der Waals surface area contributed by atoms with Gasteiger partial charge in [0.2, 0.25) is 0 Å². The molecule has 0 bridgehead atoms. The van der Waals surface area contributed by atoms with E-state index in [1.807, 2.05) is 0 Å². The topological polar surface area (TPSA) is 22.0 Å². The maximum Gasteiger partial charge on any atom is 0.253 e. The summed E-state index contributed by atoms with van der Waals surface area (Å²) in [6, 6.07) is 1.80. The maximum atomic E-state index is 11.5. The van der Waals surface area contributed by atoms with Gasteiger partial charge in [0, 0.05) is 29.2 Å². The minimum absolute atomic E-state index is 0.0263. The Labute approximate surface area is 85.7 Å². The van der Waals surface area contributed by atoms with Crippen LogP contribution in [0.15, 0.2) is 21.5 Å². The van der Waals surface area contributed by atoms with Gasteiger partial charge in [0.1, 0.15) is 0 Å². The number of terminal acetylenes is 1. The summed E-state index contributed by atoms with van der Waals surface area (Å²) in [5.74, 6) is 2.51. The largest absolute Gasteiger partial charge is 0.313 e. The molecular weight excluding hydrogens is 230 g/mol. The number of nitrogens with zero attached hydrogens (tertiary/aromatic N) is 1. The lowest BCUT2D eigenvalue weighted by Gasteiger charge is -2.04. The van der Waals surface area contributed by atoms with Gasteiger partial charge in [-0.25, -0.2) is 0 Å². The Morgan fingerprint density at radius 1 is 1.69 bits per heavy atom. The van der Waals surface area contributed by atoms with Gasteiger partial charge in [-0.3, -0.25) is 4.79 Å². The van der Waals surface area contributed by atoms with Crippen molar-refractivity contribution >= 4 is 15.9 Å². The Morgan fingerprint density at radius 2 is 2.38 bits per heavy atom. The molecule has 1 heterocycles. The monoisotopic (exact) mass is 239 g/mol. The van der Waals surface area contributed by atoms with Crippen LogP contribution in [0.5, 0.6) is 0 Å². The average Bonchev–Trinajstić information content (AvgIpc) is 2.09. The molecule has 0 saturated heterocycles. The van der Waals surface area contributed by atoms with E-state index in [2.05, 4.69) is 21.9 Å². The molecule has 0 fully saturated rings. The molecular formula is C10H10BrNO. The van der Waals surface area contributed by atoms with Gasteiger partial charge in [-0.05, 0) is 28.9 Å². The Kier molecular flexibility index (Phi) is 3.32. The summed E-state index contributed by atoms with van der Waals surface area (Å²) in [6.07, 6.45) is 7.46. The van der Waals surface area contributed by atoms with Crippen LogP contribution in [0.4, 0.5) is 0 Å². The highest BCUT2D eigenvalue weighted by atomic mass is 79.9. The van der Waals surface area contributed by atoms with Crippen LogP contribution in [0.1, 0.15) is 12.0 Å². The third-order valence-corrected chi connectivity index (χ3v) is 2.16. The van der Waals surface area contributed by atoms with Crippen LogP contribution < -0.4 is 5.56 Å². The Balaban J connectivity index is 3.07. The molecule has 0 saturated carbocycles. The number of aromatic nitrogens is 1. The zero-order valence-corrected chi connectivity index (χ0v) is 8.97. The van der Waals surface area contributed by atoms with Crippen LogP contribution in [-0.4, -0.2) is 4.57 Å². The summed E-state index contributed by atoms with van der Waals surface area (Å²) in [7, 11) is 0. The fourth-order valence-electron chi connectivity index (χ4n) is 1.09. The molecule has 0 aromatic carbocycles. The average molecular weight is 240 g/mol. The van der Waals surface area contributed by atoms with Crippen LogP contribution in [0.2, 0.25) is 0 Å². The molecule has 0 radical (unpaired) electrons. The van der Waals surface area contributed by atoms with Gasteiger partial charge in [-0.15, -0.1) is 12.3 Å². The molecule has 0 N–H and O–H groups in total. The smallest absolute Gasteiger partial charge is 0.253 e. The molecule has 13 heavy (non-hydrogen) atoms. The Bertz CT molecular complexity index is 400. The predicted octanol–water partition coefficient (Wildman–Crippen LogP) is 1.94. The fraction of sp³-hybridized carbons (Fsp3) is 0.300. The van der Waals surface area contributed by atoms with Crippen LogP contribution >= 0.6 is 15.9 Å². The summed E-state index contributed by atoms with van der Waals surface area (Å²) in [4.78, 5) is 11.5. The highest BCUT2D eigenvalue weighted by molar-refractivity contribution is 9.10. The van der Waals surface area contributed by atoms with E-state index in [4.69, 9.17) is 6.42 Å². The van der Waals surface area contributed by atoms with Gasteiger partial charge in [-0.2, -0.15) is 0 Å². The molecule has 0 aliphatic heterocycles. The van der Waals surface area contributed by atoms with E-state index in [0.29, 0.717) is 13.0 Å². The fourth-order valence-corrected chi connectivity index (χ4v) is 1.68. The molecule has 0 aliphatic carbocycles. The van der Waals surface area contributed by atoms with Crippen LogP contribution in [-0.2, 0) is 6.54 Å². The van der Waals surface area contributed by atoms with E-state index >= 15 is 0 Å². The van der Waals surface area contributed by atoms with Gasteiger partial charge in [0.25, 0.3) is 5.56 Å². The van der Waals surface area contributed by atoms with E-state index in [0.717, 1.165) is 10.0 Å². The minimum Gasteiger partial charge on any atom is -0.313 e. The third kappa shape index (κ3) is 2.46. The molecule has 0 atom stereocenters. The van der Waals surface area contributed by atoms with Gasteiger partial charge in [0.05, 0.1) is 0 Å². The third-order valence-electron chi connectivity index (χ3n) is 1.73. The number of rotatable bonds is 2. The van der Waals surface area contributed by atoms with Crippen molar-refractivity contribution in [3.8, 4) is 12.3 Å². The van der Waals surface area contributed by atoms with E-state index < -0.39 is 0 Å². The van der Waals surface area contributed by atoms with E-state index in [9.17, 15) is 4.79 Å². The van der Waals surface area contributed by atoms with Crippen molar-refractivity contribution in [3.63, 3.8) is 0 Å². The standard InChI is InChI=1S/C10H10BrNO/c1-3-4-5-12-7-9(11)6-8(2)10(12)13/h1,6-7H,4-5H2,2H3. The molecule has 1 aromatic heterocycles. The molecule has 3 heteroatoms. The first-order valence-electron chi connectivity index (χ1n) is 3.95. The van der Waals surface area contributed by atoms with Gasteiger partial charge in [-0.1, -0.05) is 0 Å². The van der Waals surface area contributed by atoms with Gasteiger partial charge >= 0.3 is 0 Å². The molecule has 0 amide bonds. The molecule has 1 aromatic rings. The highest BCUT2D eigenvalue weighted by Crippen LogP contribution is 2.07. The molecule has 0 spiro atoms. The first-order valence-corrected chi connectivity index (χ1v) is 4.74. The number of hydrogen-bond donors (Lipinski definition) is 0. The summed E-state index contributed by atoms with van der Waals surface area (Å²) >= 11 is 3.33. The number of aryl methyl sites for hydroxylation is 2. The van der Waals surface area contributed by atoms with E-state index in [1.54, 1.807) is 23.8 Å². The quantitative estimate of drug-likeness (QED) is 0.724. The van der Waals surface area contributed by atoms with E-state index in [-0.39, 0.29) is 5.56 Å². The van der Waals surface area contributed by atoms with Gasteiger partial charge in [0.15, 0.2) is 0 Å². The van der Waals surface area contributed by atoms with Crippen molar-refractivity contribution < 1.29 is 0 Å². The van der Waals surface area contributed by atoms with Gasteiger partial charge < -0.3 is 4.57 Å². The zero-order chi connectivity index (χ0) is 9.84. The van der Waals surface area contributed by atoms with Crippen molar-refractivity contribution in [2.24, 2.45) is 0 Å². The summed E-state index contributed by atoms with van der Waals surface area (Å²) in [5.41, 5.74) is 0.754. The van der Waals surface area contributed by atoms with Crippen LogP contribution in [0.3, 0.4) is 0 Å². The highest BCUT2D eigenvalue weighted by Gasteiger charge is 2.00. The normalized spacial score (nSPS) is 9.62. The summed E-state index contributed by atoms with van der Waals surface area (Å²) in [5, 5.41) is 0. The number of halogens is 1. The SMILES string of the molecule is C#CCCn1cc(Br)cc(C)c1=O.